The third kappa shape index (κ3) is 5.61. The molecule has 112 valence electrons. The van der Waals surface area contributed by atoms with E-state index in [0.29, 0.717) is 18.7 Å². The molecule has 0 bridgehead atoms. The number of unbranched alkanes of at least 4 members (excludes halogenated alkanes) is 1. The minimum absolute atomic E-state index is 0.0555. The smallest absolute Gasteiger partial charge is 0.253 e. The van der Waals surface area contributed by atoms with Crippen LogP contribution in [-0.2, 0) is 4.74 Å². The minimum Gasteiger partial charge on any atom is -0.385 e. The van der Waals surface area contributed by atoms with Gasteiger partial charge in [0, 0.05) is 25.4 Å². The van der Waals surface area contributed by atoms with E-state index in [2.05, 4.69) is 17.6 Å². The standard InChI is InChI=1S/C16H26N2O2/c1-4-6-10-20-11-9-18-16(19)14-8-7-13(3)12-15(14)17-5-2/h7-8,12,17H,4-6,9-11H2,1-3H3,(H,18,19). The lowest BCUT2D eigenvalue weighted by atomic mass is 10.1. The molecule has 0 spiro atoms. The number of aryl methyl sites for hydroxylation is 1. The van der Waals surface area contributed by atoms with Crippen molar-refractivity contribution in [3.63, 3.8) is 0 Å². The Bertz CT molecular complexity index is 419. The predicted molar refractivity (Wildman–Crippen MR) is 83.4 cm³/mol. The molecule has 0 fully saturated rings. The average Bonchev–Trinajstić information content (AvgIpc) is 2.43. The van der Waals surface area contributed by atoms with E-state index in [4.69, 9.17) is 4.74 Å². The number of benzene rings is 1. The lowest BCUT2D eigenvalue weighted by Crippen LogP contribution is -2.28. The Hall–Kier alpha value is -1.55. The summed E-state index contributed by atoms with van der Waals surface area (Å²) in [4.78, 5) is 12.1. The monoisotopic (exact) mass is 278 g/mol. The van der Waals surface area contributed by atoms with Crippen molar-refractivity contribution in [2.24, 2.45) is 0 Å². The van der Waals surface area contributed by atoms with Gasteiger partial charge in [-0.2, -0.15) is 0 Å². The molecule has 1 amide bonds. The molecule has 0 atom stereocenters. The Morgan fingerprint density at radius 1 is 1.25 bits per heavy atom. The lowest BCUT2D eigenvalue weighted by Gasteiger charge is -2.12. The first-order valence-corrected chi connectivity index (χ1v) is 7.39. The molecule has 1 aromatic rings. The molecule has 0 aliphatic rings. The van der Waals surface area contributed by atoms with Gasteiger partial charge in [-0.1, -0.05) is 19.4 Å². The van der Waals surface area contributed by atoms with Crippen LogP contribution in [0, 0.1) is 6.92 Å². The number of amides is 1. The molecule has 0 radical (unpaired) electrons. The molecule has 4 nitrogen and oxygen atoms in total. The van der Waals surface area contributed by atoms with Gasteiger partial charge in [0.25, 0.3) is 5.91 Å². The van der Waals surface area contributed by atoms with Gasteiger partial charge in [0.2, 0.25) is 0 Å². The molecule has 0 unspecified atom stereocenters. The highest BCUT2D eigenvalue weighted by molar-refractivity contribution is 5.99. The summed E-state index contributed by atoms with van der Waals surface area (Å²) >= 11 is 0. The highest BCUT2D eigenvalue weighted by Gasteiger charge is 2.10. The molecule has 0 aliphatic heterocycles. The number of carbonyl (C=O) groups excluding carboxylic acids is 1. The van der Waals surface area contributed by atoms with Crippen LogP contribution < -0.4 is 10.6 Å². The van der Waals surface area contributed by atoms with E-state index in [-0.39, 0.29) is 5.91 Å². The number of hydrogen-bond donors (Lipinski definition) is 2. The zero-order valence-corrected chi connectivity index (χ0v) is 12.8. The van der Waals surface area contributed by atoms with E-state index in [1.807, 2.05) is 32.0 Å². The second-order valence-electron chi connectivity index (χ2n) is 4.80. The van der Waals surface area contributed by atoms with E-state index in [9.17, 15) is 4.79 Å². The first kappa shape index (κ1) is 16.5. The molecule has 0 saturated heterocycles. The Labute approximate surface area is 121 Å². The van der Waals surface area contributed by atoms with Gasteiger partial charge in [-0.3, -0.25) is 4.79 Å². The van der Waals surface area contributed by atoms with Crippen LogP contribution in [0.3, 0.4) is 0 Å². The number of anilines is 1. The molecule has 1 aromatic carbocycles. The van der Waals surface area contributed by atoms with Crippen molar-refractivity contribution in [2.45, 2.75) is 33.6 Å². The summed E-state index contributed by atoms with van der Waals surface area (Å²) in [5.41, 5.74) is 2.71. The van der Waals surface area contributed by atoms with Gasteiger partial charge < -0.3 is 15.4 Å². The van der Waals surface area contributed by atoms with Crippen LogP contribution >= 0.6 is 0 Å². The van der Waals surface area contributed by atoms with E-state index >= 15 is 0 Å². The van der Waals surface area contributed by atoms with Crippen LogP contribution in [-0.4, -0.2) is 32.2 Å². The summed E-state index contributed by atoms with van der Waals surface area (Å²) < 4.78 is 5.43. The van der Waals surface area contributed by atoms with Gasteiger partial charge in [0.05, 0.1) is 12.2 Å². The molecule has 20 heavy (non-hydrogen) atoms. The minimum atomic E-state index is -0.0555. The van der Waals surface area contributed by atoms with Crippen LogP contribution in [0.4, 0.5) is 5.69 Å². The Kier molecular flexibility index (Phi) is 7.73. The van der Waals surface area contributed by atoms with E-state index in [0.717, 1.165) is 37.2 Å². The first-order valence-electron chi connectivity index (χ1n) is 7.39. The molecular formula is C16H26N2O2. The fourth-order valence-electron chi connectivity index (χ4n) is 1.87. The van der Waals surface area contributed by atoms with Crippen molar-refractivity contribution < 1.29 is 9.53 Å². The molecular weight excluding hydrogens is 252 g/mol. The van der Waals surface area contributed by atoms with Crippen molar-refractivity contribution in [3.8, 4) is 0 Å². The zero-order valence-electron chi connectivity index (χ0n) is 12.8. The summed E-state index contributed by atoms with van der Waals surface area (Å²) in [5, 5.41) is 6.11. The molecule has 0 saturated carbocycles. The molecule has 1 rings (SSSR count). The Morgan fingerprint density at radius 2 is 2.05 bits per heavy atom. The van der Waals surface area contributed by atoms with Crippen LogP contribution in [0.2, 0.25) is 0 Å². The fourth-order valence-corrected chi connectivity index (χ4v) is 1.87. The molecule has 0 aromatic heterocycles. The third-order valence-electron chi connectivity index (χ3n) is 2.96. The van der Waals surface area contributed by atoms with Crippen LogP contribution in [0.5, 0.6) is 0 Å². The van der Waals surface area contributed by atoms with Gasteiger partial charge in [-0.05, 0) is 38.0 Å². The lowest BCUT2D eigenvalue weighted by molar-refractivity contribution is 0.0913. The third-order valence-corrected chi connectivity index (χ3v) is 2.96. The average molecular weight is 278 g/mol. The highest BCUT2D eigenvalue weighted by Crippen LogP contribution is 2.17. The van der Waals surface area contributed by atoms with Crippen molar-refractivity contribution in [1.82, 2.24) is 5.32 Å². The van der Waals surface area contributed by atoms with Gasteiger partial charge in [-0.15, -0.1) is 0 Å². The summed E-state index contributed by atoms with van der Waals surface area (Å²) in [6.07, 6.45) is 2.19. The molecule has 4 heteroatoms. The second-order valence-corrected chi connectivity index (χ2v) is 4.80. The van der Waals surface area contributed by atoms with Gasteiger partial charge in [0.1, 0.15) is 0 Å². The number of nitrogens with one attached hydrogen (secondary N) is 2. The number of rotatable bonds is 9. The maximum Gasteiger partial charge on any atom is 0.253 e. The molecule has 0 aliphatic carbocycles. The maximum absolute atomic E-state index is 12.1. The molecule has 2 N–H and O–H groups in total. The zero-order chi connectivity index (χ0) is 14.8. The van der Waals surface area contributed by atoms with E-state index in [1.165, 1.54) is 0 Å². The summed E-state index contributed by atoms with van der Waals surface area (Å²) in [5.74, 6) is -0.0555. The van der Waals surface area contributed by atoms with Crippen LogP contribution in [0.15, 0.2) is 18.2 Å². The van der Waals surface area contributed by atoms with Gasteiger partial charge in [-0.25, -0.2) is 0 Å². The predicted octanol–water partition coefficient (Wildman–Crippen LogP) is 2.97. The SMILES string of the molecule is CCCCOCCNC(=O)c1ccc(C)cc1NCC. The maximum atomic E-state index is 12.1. The number of ether oxygens (including phenoxy) is 1. The molecule has 0 heterocycles. The normalized spacial score (nSPS) is 10.3. The van der Waals surface area contributed by atoms with Crippen LogP contribution in [0.1, 0.15) is 42.6 Å². The number of carbonyl (C=O) groups is 1. The first-order chi connectivity index (χ1) is 9.69. The van der Waals surface area contributed by atoms with E-state index < -0.39 is 0 Å². The summed E-state index contributed by atoms with van der Waals surface area (Å²) in [6, 6.07) is 5.81. The largest absolute Gasteiger partial charge is 0.385 e. The highest BCUT2D eigenvalue weighted by atomic mass is 16.5. The summed E-state index contributed by atoms with van der Waals surface area (Å²) in [7, 11) is 0. The quantitative estimate of drug-likeness (QED) is 0.683. The van der Waals surface area contributed by atoms with Crippen molar-refractivity contribution in [1.29, 1.82) is 0 Å². The Balaban J connectivity index is 2.46. The number of hydrogen-bond acceptors (Lipinski definition) is 3. The Morgan fingerprint density at radius 3 is 2.75 bits per heavy atom. The summed E-state index contributed by atoms with van der Waals surface area (Å²) in [6.45, 7) is 8.83. The van der Waals surface area contributed by atoms with Crippen molar-refractivity contribution in [2.75, 3.05) is 31.6 Å². The van der Waals surface area contributed by atoms with Crippen molar-refractivity contribution >= 4 is 11.6 Å². The van der Waals surface area contributed by atoms with Gasteiger partial charge in [0.15, 0.2) is 0 Å². The topological polar surface area (TPSA) is 50.4 Å². The van der Waals surface area contributed by atoms with E-state index in [1.54, 1.807) is 0 Å². The van der Waals surface area contributed by atoms with Crippen LogP contribution in [0.25, 0.3) is 0 Å². The fraction of sp³-hybridized carbons (Fsp3) is 0.562. The van der Waals surface area contributed by atoms with Crippen molar-refractivity contribution in [3.05, 3.63) is 29.3 Å². The van der Waals surface area contributed by atoms with Gasteiger partial charge >= 0.3 is 0 Å². The second kappa shape index (κ2) is 9.37.